The highest BCUT2D eigenvalue weighted by molar-refractivity contribution is 6.03. The number of ether oxygens (including phenoxy) is 2. The van der Waals surface area contributed by atoms with Gasteiger partial charge >= 0.3 is 6.01 Å². The van der Waals surface area contributed by atoms with Crippen molar-refractivity contribution in [2.24, 2.45) is 0 Å². The molecule has 0 radical (unpaired) electrons. The summed E-state index contributed by atoms with van der Waals surface area (Å²) in [6, 6.07) is 15.1. The van der Waals surface area contributed by atoms with Crippen LogP contribution in [0.25, 0.3) is 10.9 Å². The molecule has 1 atom stereocenters. The third-order valence-electron chi connectivity index (χ3n) is 7.43. The minimum atomic E-state index is -0.131. The van der Waals surface area contributed by atoms with Crippen LogP contribution in [0.5, 0.6) is 6.01 Å². The zero-order valence-corrected chi connectivity index (χ0v) is 22.4. The van der Waals surface area contributed by atoms with Gasteiger partial charge in [-0.2, -0.15) is 9.97 Å². The summed E-state index contributed by atoms with van der Waals surface area (Å²) in [5, 5.41) is 7.51. The van der Waals surface area contributed by atoms with Crippen LogP contribution < -0.4 is 15.4 Å². The Hall–Kier alpha value is -3.49. The molecule has 1 amide bonds. The number of carbonyl (C=O) groups excluding carboxylic acids is 1. The van der Waals surface area contributed by atoms with Crippen molar-refractivity contribution in [1.82, 2.24) is 14.9 Å². The summed E-state index contributed by atoms with van der Waals surface area (Å²) in [4.78, 5) is 24.5. The lowest BCUT2D eigenvalue weighted by Gasteiger charge is -2.30. The number of nitrogens with one attached hydrogen (secondary N) is 2. The molecule has 2 N–H and O–H groups in total. The van der Waals surface area contributed by atoms with Crippen LogP contribution in [0.15, 0.2) is 54.6 Å². The van der Waals surface area contributed by atoms with Crippen molar-refractivity contribution in [1.29, 1.82) is 0 Å². The second-order valence-electron chi connectivity index (χ2n) is 10.2. The Morgan fingerprint density at radius 2 is 1.92 bits per heavy atom. The summed E-state index contributed by atoms with van der Waals surface area (Å²) in [6.45, 7) is 4.44. The number of amides is 1. The molecule has 1 aromatic heterocycles. The Kier molecular flexibility index (Phi) is 8.20. The van der Waals surface area contributed by atoms with Gasteiger partial charge in [0.25, 0.3) is 0 Å². The lowest BCUT2D eigenvalue weighted by molar-refractivity contribution is -0.111. The van der Waals surface area contributed by atoms with Gasteiger partial charge in [0.15, 0.2) is 0 Å². The van der Waals surface area contributed by atoms with E-state index in [9.17, 15) is 4.79 Å². The highest BCUT2D eigenvalue weighted by atomic mass is 16.5. The standard InChI is InChI=1S/C30H37N5O3/c1-20(21-8-5-4-6-9-21)31-29-25-19-26(24(22-11-12-22)18-27(25)33-30(34-29)37-3)32-28(36)10-7-15-35(2)23-13-16-38-17-14-23/h4-10,18-20,22-23H,11-17H2,1-3H3,(H,32,36)(H,31,33,34)/t20-/m1/s1. The van der Waals surface area contributed by atoms with Crippen LogP contribution in [0, 0.1) is 0 Å². The monoisotopic (exact) mass is 515 g/mol. The first-order chi connectivity index (χ1) is 18.5. The number of rotatable bonds is 10. The molecule has 3 aromatic rings. The number of carbonyl (C=O) groups is 1. The van der Waals surface area contributed by atoms with Crippen LogP contribution in [-0.2, 0) is 9.53 Å². The molecule has 0 unspecified atom stereocenters. The number of hydrogen-bond donors (Lipinski definition) is 2. The maximum Gasteiger partial charge on any atom is 0.318 e. The average molecular weight is 516 g/mol. The summed E-state index contributed by atoms with van der Waals surface area (Å²) in [5.74, 6) is 0.974. The Morgan fingerprint density at radius 3 is 2.63 bits per heavy atom. The first-order valence-electron chi connectivity index (χ1n) is 13.5. The van der Waals surface area contributed by atoms with Gasteiger partial charge in [-0.05, 0) is 68.8 Å². The fourth-order valence-electron chi connectivity index (χ4n) is 5.02. The summed E-state index contributed by atoms with van der Waals surface area (Å²) >= 11 is 0. The topological polar surface area (TPSA) is 88.6 Å². The normalized spacial score (nSPS) is 17.2. The van der Waals surface area contributed by atoms with Gasteiger partial charge in [-0.1, -0.05) is 36.4 Å². The lowest BCUT2D eigenvalue weighted by Crippen LogP contribution is -2.36. The van der Waals surface area contributed by atoms with Gasteiger partial charge in [0.05, 0.1) is 12.6 Å². The van der Waals surface area contributed by atoms with E-state index in [0.29, 0.717) is 23.8 Å². The highest BCUT2D eigenvalue weighted by Gasteiger charge is 2.28. The Balaban J connectivity index is 1.38. The lowest BCUT2D eigenvalue weighted by atomic mass is 10.0. The van der Waals surface area contributed by atoms with E-state index in [-0.39, 0.29) is 11.9 Å². The third kappa shape index (κ3) is 6.31. The zero-order valence-electron chi connectivity index (χ0n) is 22.4. The molecule has 2 fully saturated rings. The molecular weight excluding hydrogens is 478 g/mol. The quantitative estimate of drug-likeness (QED) is 0.355. The second kappa shape index (κ2) is 11.9. The maximum atomic E-state index is 12.9. The van der Waals surface area contributed by atoms with Crippen molar-refractivity contribution >= 4 is 28.3 Å². The number of likely N-dealkylation sites (N-methyl/N-ethyl adjacent to an activating group) is 1. The number of anilines is 2. The van der Waals surface area contributed by atoms with Crippen LogP contribution in [0.1, 0.15) is 55.7 Å². The summed E-state index contributed by atoms with van der Waals surface area (Å²) in [5.41, 5.74) is 3.88. The predicted molar refractivity (Wildman–Crippen MR) is 151 cm³/mol. The van der Waals surface area contributed by atoms with E-state index in [4.69, 9.17) is 9.47 Å². The molecule has 2 aromatic carbocycles. The van der Waals surface area contributed by atoms with E-state index in [0.717, 1.165) is 73.2 Å². The van der Waals surface area contributed by atoms with Crippen molar-refractivity contribution < 1.29 is 14.3 Å². The zero-order chi connectivity index (χ0) is 26.5. The van der Waals surface area contributed by atoms with Gasteiger partial charge in [0, 0.05) is 49.0 Å². The molecule has 1 saturated carbocycles. The number of methoxy groups -OCH3 is 1. The van der Waals surface area contributed by atoms with Crippen molar-refractivity contribution in [3.05, 3.63) is 65.7 Å². The smallest absolute Gasteiger partial charge is 0.318 e. The van der Waals surface area contributed by atoms with Crippen LogP contribution >= 0.6 is 0 Å². The molecule has 8 nitrogen and oxygen atoms in total. The van der Waals surface area contributed by atoms with Gasteiger partial charge in [0.2, 0.25) is 5.91 Å². The van der Waals surface area contributed by atoms with Crippen molar-refractivity contribution in [3.63, 3.8) is 0 Å². The van der Waals surface area contributed by atoms with E-state index in [1.54, 1.807) is 13.2 Å². The van der Waals surface area contributed by atoms with Crippen molar-refractivity contribution in [2.75, 3.05) is 44.5 Å². The molecular formula is C30H37N5O3. The number of nitrogens with zero attached hydrogens (tertiary/aromatic N) is 3. The van der Waals surface area contributed by atoms with Crippen molar-refractivity contribution in [3.8, 4) is 6.01 Å². The largest absolute Gasteiger partial charge is 0.467 e. The fourth-order valence-corrected chi connectivity index (χ4v) is 5.02. The van der Waals surface area contributed by atoms with Gasteiger partial charge in [-0.15, -0.1) is 0 Å². The summed E-state index contributed by atoms with van der Waals surface area (Å²) in [7, 11) is 3.68. The Labute approximate surface area is 224 Å². The predicted octanol–water partition coefficient (Wildman–Crippen LogP) is 5.29. The first-order valence-corrected chi connectivity index (χ1v) is 13.5. The number of fused-ring (bicyclic) bond motifs is 1. The van der Waals surface area contributed by atoms with Gasteiger partial charge in [0.1, 0.15) is 5.82 Å². The Morgan fingerprint density at radius 1 is 1.16 bits per heavy atom. The van der Waals surface area contributed by atoms with Crippen molar-refractivity contribution in [2.45, 2.75) is 50.6 Å². The fraction of sp³-hybridized carbons (Fsp3) is 0.433. The van der Waals surface area contributed by atoms with Crippen LogP contribution in [0.3, 0.4) is 0 Å². The van der Waals surface area contributed by atoms with E-state index >= 15 is 0 Å². The average Bonchev–Trinajstić information content (AvgIpc) is 3.79. The number of hydrogen-bond acceptors (Lipinski definition) is 7. The molecule has 8 heteroatoms. The molecule has 2 heterocycles. The SMILES string of the molecule is COc1nc(N[C@H](C)c2ccccc2)c2cc(NC(=O)C=CCN(C)C3CCOCC3)c(C3CC3)cc2n1. The molecule has 2 aliphatic rings. The second-order valence-corrected chi connectivity index (χ2v) is 10.2. The maximum absolute atomic E-state index is 12.9. The minimum absolute atomic E-state index is 0.0239. The van der Waals surface area contributed by atoms with Gasteiger partial charge < -0.3 is 20.1 Å². The first kappa shape index (κ1) is 26.1. The molecule has 38 heavy (non-hydrogen) atoms. The van der Waals surface area contributed by atoms with E-state index < -0.39 is 0 Å². The van der Waals surface area contributed by atoms with Gasteiger partial charge in [-0.25, -0.2) is 0 Å². The number of aromatic nitrogens is 2. The molecule has 1 aliphatic carbocycles. The molecule has 0 bridgehead atoms. The summed E-state index contributed by atoms with van der Waals surface area (Å²) in [6.07, 6.45) is 7.86. The van der Waals surface area contributed by atoms with Crippen LogP contribution in [0.2, 0.25) is 0 Å². The highest BCUT2D eigenvalue weighted by Crippen LogP contribution is 2.45. The molecule has 5 rings (SSSR count). The molecule has 0 spiro atoms. The molecule has 1 aliphatic heterocycles. The van der Waals surface area contributed by atoms with Crippen LogP contribution in [-0.4, -0.2) is 60.7 Å². The summed E-state index contributed by atoms with van der Waals surface area (Å²) < 4.78 is 10.9. The Bertz CT molecular complexity index is 1290. The molecule has 1 saturated heterocycles. The minimum Gasteiger partial charge on any atom is -0.467 e. The number of benzene rings is 2. The third-order valence-corrected chi connectivity index (χ3v) is 7.43. The van der Waals surface area contributed by atoms with Gasteiger partial charge in [-0.3, -0.25) is 9.69 Å². The van der Waals surface area contributed by atoms with E-state index in [1.165, 1.54) is 0 Å². The van der Waals surface area contributed by atoms with E-state index in [2.05, 4.69) is 57.7 Å². The van der Waals surface area contributed by atoms with E-state index in [1.807, 2.05) is 30.3 Å². The molecule has 200 valence electrons. The van der Waals surface area contributed by atoms with Crippen LogP contribution in [0.4, 0.5) is 11.5 Å².